The molecule has 0 aliphatic carbocycles. The lowest BCUT2D eigenvalue weighted by Crippen LogP contribution is -2.55. The molecule has 6 heteroatoms. The van der Waals surface area contributed by atoms with Crippen molar-refractivity contribution in [3.05, 3.63) is 17.7 Å². The van der Waals surface area contributed by atoms with Crippen LogP contribution in [0.2, 0.25) is 0 Å². The van der Waals surface area contributed by atoms with Gasteiger partial charge in [-0.15, -0.1) is 0 Å². The molecule has 0 aromatic carbocycles. The zero-order chi connectivity index (χ0) is 12.6. The zero-order valence-corrected chi connectivity index (χ0v) is 10.4. The summed E-state index contributed by atoms with van der Waals surface area (Å²) in [6, 6.07) is 0. The van der Waals surface area contributed by atoms with Crippen molar-refractivity contribution in [2.24, 2.45) is 5.73 Å². The van der Waals surface area contributed by atoms with Crippen LogP contribution in [-0.2, 0) is 16.8 Å². The summed E-state index contributed by atoms with van der Waals surface area (Å²) >= 11 is 0. The van der Waals surface area contributed by atoms with E-state index in [9.17, 15) is 4.79 Å². The van der Waals surface area contributed by atoms with Gasteiger partial charge in [0.15, 0.2) is 0 Å². The van der Waals surface area contributed by atoms with Crippen LogP contribution in [0.15, 0.2) is 6.33 Å². The molecule has 1 spiro atoms. The van der Waals surface area contributed by atoms with Crippen molar-refractivity contribution in [1.29, 1.82) is 0 Å². The second-order valence-corrected chi connectivity index (χ2v) is 5.07. The molecule has 3 rings (SSSR count). The maximum atomic E-state index is 11.6. The van der Waals surface area contributed by atoms with Crippen LogP contribution in [0.3, 0.4) is 0 Å². The first-order chi connectivity index (χ1) is 8.75. The van der Waals surface area contributed by atoms with Crippen LogP contribution in [0, 0.1) is 0 Å². The maximum absolute atomic E-state index is 11.6. The van der Waals surface area contributed by atoms with Crippen LogP contribution in [0.5, 0.6) is 0 Å². The van der Waals surface area contributed by atoms with Gasteiger partial charge in [-0.2, -0.15) is 0 Å². The summed E-state index contributed by atoms with van der Waals surface area (Å²) in [5.41, 5.74) is 7.76. The second kappa shape index (κ2) is 4.37. The van der Waals surface area contributed by atoms with E-state index in [0.717, 1.165) is 44.6 Å². The first kappa shape index (κ1) is 11.7. The number of amides is 1. The van der Waals surface area contributed by atoms with Gasteiger partial charge in [0.2, 0.25) is 5.91 Å². The fourth-order valence-corrected chi connectivity index (χ4v) is 3.12. The average molecular weight is 249 g/mol. The van der Waals surface area contributed by atoms with Crippen LogP contribution >= 0.6 is 0 Å². The summed E-state index contributed by atoms with van der Waals surface area (Å²) < 4.78 is 0. The van der Waals surface area contributed by atoms with E-state index >= 15 is 0 Å². The van der Waals surface area contributed by atoms with Crippen LogP contribution in [0.1, 0.15) is 24.2 Å². The van der Waals surface area contributed by atoms with Crippen molar-refractivity contribution in [3.8, 4) is 0 Å². The summed E-state index contributed by atoms with van der Waals surface area (Å²) in [6.45, 7) is 2.60. The topological polar surface area (TPSA) is 87.0 Å². The number of piperidine rings is 1. The number of hydrogen-bond acceptors (Lipinski definition) is 4. The molecule has 0 bridgehead atoms. The number of aromatic amines is 1. The maximum Gasteiger partial charge on any atom is 0.236 e. The molecule has 0 radical (unpaired) electrons. The van der Waals surface area contributed by atoms with Crippen molar-refractivity contribution in [1.82, 2.24) is 20.2 Å². The van der Waals surface area contributed by atoms with Gasteiger partial charge in [-0.3, -0.25) is 4.79 Å². The predicted molar refractivity (Wildman–Crippen MR) is 66.8 cm³/mol. The minimum Gasteiger partial charge on any atom is -0.348 e. The van der Waals surface area contributed by atoms with Gasteiger partial charge in [0.05, 0.1) is 24.1 Å². The van der Waals surface area contributed by atoms with Crippen LogP contribution < -0.4 is 11.1 Å². The predicted octanol–water partition coefficient (Wildman–Crippen LogP) is -0.668. The summed E-state index contributed by atoms with van der Waals surface area (Å²) in [6.07, 6.45) is 4.60. The zero-order valence-electron chi connectivity index (χ0n) is 10.4. The fraction of sp³-hybridized carbons (Fsp3) is 0.667. The highest BCUT2D eigenvalue weighted by Crippen LogP contribution is 2.35. The Bertz CT molecular complexity index is 447. The Balaban J connectivity index is 1.78. The molecule has 1 fully saturated rings. The lowest BCUT2D eigenvalue weighted by Gasteiger charge is -2.44. The summed E-state index contributed by atoms with van der Waals surface area (Å²) in [5.74, 6) is 0.0444. The van der Waals surface area contributed by atoms with Crippen LogP contribution in [0.25, 0.3) is 0 Å². The summed E-state index contributed by atoms with van der Waals surface area (Å²) in [4.78, 5) is 21.1. The van der Waals surface area contributed by atoms with Gasteiger partial charge in [-0.1, -0.05) is 0 Å². The number of nitrogens with one attached hydrogen (secondary N) is 2. The Labute approximate surface area is 106 Å². The van der Waals surface area contributed by atoms with E-state index in [1.54, 1.807) is 6.33 Å². The number of rotatable bonds is 1. The third-order valence-corrected chi connectivity index (χ3v) is 4.15. The van der Waals surface area contributed by atoms with Gasteiger partial charge in [-0.25, -0.2) is 4.98 Å². The standard InChI is InChI=1S/C12H19N5O/c13-7-10(18)17-5-2-12(3-6-17)11-9(1-4-16-12)14-8-15-11/h8,16H,1-7,13H2,(H,14,15). The minimum atomic E-state index is -0.0427. The molecule has 4 N–H and O–H groups in total. The van der Waals surface area contributed by atoms with Gasteiger partial charge >= 0.3 is 0 Å². The van der Waals surface area contributed by atoms with E-state index in [-0.39, 0.29) is 18.0 Å². The Morgan fingerprint density at radius 2 is 2.28 bits per heavy atom. The molecule has 1 saturated heterocycles. The van der Waals surface area contributed by atoms with Crippen molar-refractivity contribution >= 4 is 5.91 Å². The Hall–Kier alpha value is -1.40. The smallest absolute Gasteiger partial charge is 0.236 e. The number of aromatic nitrogens is 2. The molecule has 1 amide bonds. The molecular formula is C12H19N5O. The van der Waals surface area contributed by atoms with Gasteiger partial charge < -0.3 is 20.9 Å². The van der Waals surface area contributed by atoms with Crippen LogP contribution in [-0.4, -0.2) is 47.0 Å². The molecule has 6 nitrogen and oxygen atoms in total. The Morgan fingerprint density at radius 1 is 1.50 bits per heavy atom. The molecule has 1 aromatic heterocycles. The van der Waals surface area contributed by atoms with E-state index in [4.69, 9.17) is 5.73 Å². The van der Waals surface area contributed by atoms with Crippen molar-refractivity contribution in [3.63, 3.8) is 0 Å². The molecule has 0 atom stereocenters. The monoisotopic (exact) mass is 249 g/mol. The van der Waals surface area contributed by atoms with Gasteiger partial charge in [0, 0.05) is 31.7 Å². The molecule has 1 aromatic rings. The number of hydrogen-bond donors (Lipinski definition) is 3. The molecule has 3 heterocycles. The quantitative estimate of drug-likeness (QED) is 0.616. The van der Waals surface area contributed by atoms with Crippen molar-refractivity contribution in [2.75, 3.05) is 26.2 Å². The van der Waals surface area contributed by atoms with Crippen molar-refractivity contribution < 1.29 is 4.79 Å². The second-order valence-electron chi connectivity index (χ2n) is 5.07. The summed E-state index contributed by atoms with van der Waals surface area (Å²) in [5, 5.41) is 3.60. The Kier molecular flexibility index (Phi) is 2.83. The minimum absolute atomic E-state index is 0.0427. The van der Waals surface area contributed by atoms with E-state index in [1.165, 1.54) is 5.69 Å². The SMILES string of the molecule is NCC(=O)N1CCC2(CC1)NCCc1[nH]cnc12. The lowest BCUT2D eigenvalue weighted by atomic mass is 9.80. The van der Waals surface area contributed by atoms with Gasteiger partial charge in [0.25, 0.3) is 0 Å². The largest absolute Gasteiger partial charge is 0.348 e. The normalized spacial score (nSPS) is 21.9. The Morgan fingerprint density at radius 3 is 3.00 bits per heavy atom. The van der Waals surface area contributed by atoms with Crippen LogP contribution in [0.4, 0.5) is 0 Å². The molecule has 0 unspecified atom stereocenters. The van der Waals surface area contributed by atoms with Gasteiger partial charge in [0.1, 0.15) is 0 Å². The number of imidazole rings is 1. The van der Waals surface area contributed by atoms with E-state index < -0.39 is 0 Å². The molecule has 98 valence electrons. The van der Waals surface area contributed by atoms with Gasteiger partial charge in [-0.05, 0) is 12.8 Å². The molecule has 0 saturated carbocycles. The number of carbonyl (C=O) groups is 1. The highest BCUT2D eigenvalue weighted by Gasteiger charge is 2.41. The summed E-state index contributed by atoms with van der Waals surface area (Å²) in [7, 11) is 0. The van der Waals surface area contributed by atoms with E-state index in [2.05, 4.69) is 15.3 Å². The number of carbonyl (C=O) groups excluding carboxylic acids is 1. The fourth-order valence-electron chi connectivity index (χ4n) is 3.12. The first-order valence-corrected chi connectivity index (χ1v) is 6.51. The van der Waals surface area contributed by atoms with E-state index in [1.807, 2.05) is 4.90 Å². The van der Waals surface area contributed by atoms with Crippen molar-refractivity contribution in [2.45, 2.75) is 24.8 Å². The first-order valence-electron chi connectivity index (χ1n) is 6.51. The number of likely N-dealkylation sites (tertiary alicyclic amines) is 1. The molecule has 18 heavy (non-hydrogen) atoms. The van der Waals surface area contributed by atoms with E-state index in [0.29, 0.717) is 0 Å². The number of nitrogens with zero attached hydrogens (tertiary/aromatic N) is 2. The molecule has 2 aliphatic heterocycles. The third-order valence-electron chi connectivity index (χ3n) is 4.15. The molecular weight excluding hydrogens is 230 g/mol. The number of fused-ring (bicyclic) bond motifs is 2. The molecule has 2 aliphatic rings. The third kappa shape index (κ3) is 1.72. The highest BCUT2D eigenvalue weighted by molar-refractivity contribution is 5.78. The number of H-pyrrole nitrogens is 1. The number of nitrogens with two attached hydrogens (primary N) is 1. The average Bonchev–Trinajstić information content (AvgIpc) is 2.89. The lowest BCUT2D eigenvalue weighted by molar-refractivity contribution is -0.131. The highest BCUT2D eigenvalue weighted by atomic mass is 16.2.